The summed E-state index contributed by atoms with van der Waals surface area (Å²) in [5.74, 6) is -0.234. The zero-order valence-electron chi connectivity index (χ0n) is 11.5. The molecule has 0 spiro atoms. The van der Waals surface area contributed by atoms with Gasteiger partial charge in [-0.05, 0) is 23.6 Å². The van der Waals surface area contributed by atoms with Crippen molar-refractivity contribution in [2.24, 2.45) is 11.7 Å². The van der Waals surface area contributed by atoms with Gasteiger partial charge in [-0.3, -0.25) is 4.79 Å². The fourth-order valence-corrected chi connectivity index (χ4v) is 1.63. The SMILES string of the molecule is CCC(C)C(N)C(=O)NCc1ccc(C(F)(F)F)cc1. The Morgan fingerprint density at radius 2 is 1.85 bits per heavy atom. The predicted octanol–water partition coefficient (Wildman–Crippen LogP) is 2.70. The second kappa shape index (κ2) is 6.74. The Morgan fingerprint density at radius 3 is 2.30 bits per heavy atom. The van der Waals surface area contributed by atoms with Crippen molar-refractivity contribution in [2.45, 2.75) is 39.0 Å². The van der Waals surface area contributed by atoms with E-state index in [0.717, 1.165) is 18.6 Å². The van der Waals surface area contributed by atoms with E-state index in [0.29, 0.717) is 5.56 Å². The summed E-state index contributed by atoms with van der Waals surface area (Å²) < 4.78 is 37.1. The van der Waals surface area contributed by atoms with Crippen LogP contribution in [0, 0.1) is 5.92 Å². The Morgan fingerprint density at radius 1 is 1.30 bits per heavy atom. The van der Waals surface area contributed by atoms with Crippen LogP contribution in [0.3, 0.4) is 0 Å². The molecule has 0 aromatic heterocycles. The number of hydrogen-bond acceptors (Lipinski definition) is 2. The van der Waals surface area contributed by atoms with Crippen LogP contribution in [0.2, 0.25) is 0 Å². The number of benzene rings is 1. The van der Waals surface area contributed by atoms with Crippen LogP contribution in [0.4, 0.5) is 13.2 Å². The summed E-state index contributed by atoms with van der Waals surface area (Å²) >= 11 is 0. The summed E-state index contributed by atoms with van der Waals surface area (Å²) in [7, 11) is 0. The van der Waals surface area contributed by atoms with Crippen LogP contribution in [0.15, 0.2) is 24.3 Å². The minimum absolute atomic E-state index is 0.0580. The lowest BCUT2D eigenvalue weighted by Crippen LogP contribution is -2.44. The zero-order valence-corrected chi connectivity index (χ0v) is 11.5. The molecule has 3 N–H and O–H groups in total. The Kier molecular flexibility index (Phi) is 5.56. The van der Waals surface area contributed by atoms with Gasteiger partial charge in [0.15, 0.2) is 0 Å². The third-order valence-electron chi connectivity index (χ3n) is 3.31. The van der Waals surface area contributed by atoms with Crippen molar-refractivity contribution in [2.75, 3.05) is 0 Å². The molecule has 0 radical (unpaired) electrons. The lowest BCUT2D eigenvalue weighted by atomic mass is 9.99. The molecule has 3 nitrogen and oxygen atoms in total. The standard InChI is InChI=1S/C14H19F3N2O/c1-3-9(2)12(18)13(20)19-8-10-4-6-11(7-5-10)14(15,16)17/h4-7,9,12H,3,8,18H2,1-2H3,(H,19,20). The van der Waals surface area contributed by atoms with Gasteiger partial charge in [-0.15, -0.1) is 0 Å². The van der Waals surface area contributed by atoms with Gasteiger partial charge >= 0.3 is 6.18 Å². The van der Waals surface area contributed by atoms with Crippen LogP contribution in [-0.4, -0.2) is 11.9 Å². The van der Waals surface area contributed by atoms with E-state index >= 15 is 0 Å². The van der Waals surface area contributed by atoms with E-state index in [2.05, 4.69) is 5.32 Å². The number of carbonyl (C=O) groups is 1. The van der Waals surface area contributed by atoms with E-state index in [9.17, 15) is 18.0 Å². The average Bonchev–Trinajstić information content (AvgIpc) is 2.42. The highest BCUT2D eigenvalue weighted by Gasteiger charge is 2.29. The largest absolute Gasteiger partial charge is 0.416 e. The Hall–Kier alpha value is -1.56. The van der Waals surface area contributed by atoms with E-state index in [1.807, 2.05) is 13.8 Å². The maximum atomic E-state index is 12.4. The Labute approximate surface area is 116 Å². The van der Waals surface area contributed by atoms with Gasteiger partial charge in [0.05, 0.1) is 11.6 Å². The van der Waals surface area contributed by atoms with Crippen LogP contribution in [0.1, 0.15) is 31.4 Å². The summed E-state index contributed by atoms with van der Waals surface area (Å²) in [6.07, 6.45) is -3.56. The number of nitrogens with two attached hydrogens (primary N) is 1. The van der Waals surface area contributed by atoms with Gasteiger partial charge in [-0.25, -0.2) is 0 Å². The van der Waals surface area contributed by atoms with E-state index in [1.54, 1.807) is 0 Å². The fourth-order valence-electron chi connectivity index (χ4n) is 1.63. The van der Waals surface area contributed by atoms with E-state index in [-0.39, 0.29) is 18.4 Å². The fraction of sp³-hybridized carbons (Fsp3) is 0.500. The monoisotopic (exact) mass is 288 g/mol. The molecule has 0 aliphatic carbocycles. The van der Waals surface area contributed by atoms with Crippen molar-refractivity contribution in [1.82, 2.24) is 5.32 Å². The molecule has 0 heterocycles. The lowest BCUT2D eigenvalue weighted by Gasteiger charge is -2.17. The molecule has 0 saturated heterocycles. The van der Waals surface area contributed by atoms with Crippen LogP contribution in [0.25, 0.3) is 0 Å². The average molecular weight is 288 g/mol. The molecule has 0 aliphatic heterocycles. The third-order valence-corrected chi connectivity index (χ3v) is 3.31. The number of amides is 1. The van der Waals surface area contributed by atoms with Crippen LogP contribution in [-0.2, 0) is 17.5 Å². The summed E-state index contributed by atoms with van der Waals surface area (Å²) in [6.45, 7) is 3.98. The molecular weight excluding hydrogens is 269 g/mol. The molecule has 112 valence electrons. The van der Waals surface area contributed by atoms with Crippen molar-refractivity contribution in [1.29, 1.82) is 0 Å². The molecule has 2 unspecified atom stereocenters. The maximum absolute atomic E-state index is 12.4. The lowest BCUT2D eigenvalue weighted by molar-refractivity contribution is -0.137. The van der Waals surface area contributed by atoms with Crippen LogP contribution >= 0.6 is 0 Å². The molecule has 0 bridgehead atoms. The first kappa shape index (κ1) is 16.5. The first-order valence-electron chi connectivity index (χ1n) is 6.45. The summed E-state index contributed by atoms with van der Waals surface area (Å²) in [5.41, 5.74) is 5.65. The van der Waals surface area contributed by atoms with Crippen molar-refractivity contribution >= 4 is 5.91 Å². The van der Waals surface area contributed by atoms with Gasteiger partial charge < -0.3 is 11.1 Å². The summed E-state index contributed by atoms with van der Waals surface area (Å²) in [5, 5.41) is 2.63. The van der Waals surface area contributed by atoms with Gasteiger partial charge in [-0.1, -0.05) is 32.4 Å². The second-order valence-electron chi connectivity index (χ2n) is 4.82. The van der Waals surface area contributed by atoms with Crippen LogP contribution in [0.5, 0.6) is 0 Å². The highest BCUT2D eigenvalue weighted by atomic mass is 19.4. The summed E-state index contributed by atoms with van der Waals surface area (Å²) in [4.78, 5) is 11.7. The Bertz CT molecular complexity index is 443. The van der Waals surface area contributed by atoms with Crippen molar-refractivity contribution in [3.05, 3.63) is 35.4 Å². The predicted molar refractivity (Wildman–Crippen MR) is 70.7 cm³/mol. The van der Waals surface area contributed by atoms with Gasteiger partial charge in [0.1, 0.15) is 0 Å². The molecule has 20 heavy (non-hydrogen) atoms. The second-order valence-corrected chi connectivity index (χ2v) is 4.82. The van der Waals surface area contributed by atoms with E-state index < -0.39 is 17.8 Å². The smallest absolute Gasteiger partial charge is 0.351 e. The highest BCUT2D eigenvalue weighted by molar-refractivity contribution is 5.81. The number of halogens is 3. The number of rotatable bonds is 5. The molecule has 1 aromatic carbocycles. The van der Waals surface area contributed by atoms with Crippen molar-refractivity contribution < 1.29 is 18.0 Å². The zero-order chi connectivity index (χ0) is 15.3. The highest BCUT2D eigenvalue weighted by Crippen LogP contribution is 2.29. The molecule has 1 rings (SSSR count). The van der Waals surface area contributed by atoms with E-state index in [1.165, 1.54) is 12.1 Å². The minimum Gasteiger partial charge on any atom is -0.351 e. The molecule has 1 amide bonds. The molecule has 0 fully saturated rings. The first-order chi connectivity index (χ1) is 9.25. The quantitative estimate of drug-likeness (QED) is 0.875. The number of alkyl halides is 3. The van der Waals surface area contributed by atoms with Crippen LogP contribution < -0.4 is 11.1 Å². The number of hydrogen-bond donors (Lipinski definition) is 2. The Balaban J connectivity index is 2.56. The topological polar surface area (TPSA) is 55.1 Å². The molecule has 0 saturated carbocycles. The van der Waals surface area contributed by atoms with Crippen molar-refractivity contribution in [3.8, 4) is 0 Å². The number of nitrogens with one attached hydrogen (secondary N) is 1. The minimum atomic E-state index is -4.35. The maximum Gasteiger partial charge on any atom is 0.416 e. The molecule has 6 heteroatoms. The van der Waals surface area contributed by atoms with Gasteiger partial charge in [0.25, 0.3) is 0 Å². The van der Waals surface area contributed by atoms with Gasteiger partial charge in [0.2, 0.25) is 5.91 Å². The van der Waals surface area contributed by atoms with Gasteiger partial charge in [-0.2, -0.15) is 13.2 Å². The molecular formula is C14H19F3N2O. The van der Waals surface area contributed by atoms with Crippen molar-refractivity contribution in [3.63, 3.8) is 0 Å². The van der Waals surface area contributed by atoms with Gasteiger partial charge in [0, 0.05) is 6.54 Å². The third kappa shape index (κ3) is 4.52. The van der Waals surface area contributed by atoms with E-state index in [4.69, 9.17) is 5.73 Å². The molecule has 1 aromatic rings. The first-order valence-corrected chi connectivity index (χ1v) is 6.45. The normalized spacial score (nSPS) is 14.7. The number of carbonyl (C=O) groups excluding carboxylic acids is 1. The summed E-state index contributed by atoms with van der Waals surface area (Å²) in [6, 6.07) is 4.08. The molecule has 2 atom stereocenters. The molecule has 0 aliphatic rings.